The van der Waals surface area contributed by atoms with Gasteiger partial charge >= 0.3 is 0 Å². The molecule has 0 aliphatic heterocycles. The quantitative estimate of drug-likeness (QED) is 0.851. The average molecular weight is 302 g/mol. The molecular formula is C14H23FN2O2S. The van der Waals surface area contributed by atoms with Crippen molar-refractivity contribution in [3.8, 4) is 0 Å². The van der Waals surface area contributed by atoms with E-state index < -0.39 is 15.8 Å². The third-order valence-corrected chi connectivity index (χ3v) is 4.99. The fraction of sp³-hybridized carbons (Fsp3) is 0.571. The summed E-state index contributed by atoms with van der Waals surface area (Å²) in [6.07, 6.45) is 0. The summed E-state index contributed by atoms with van der Waals surface area (Å²) in [6, 6.07) is 2.37. The van der Waals surface area contributed by atoms with Gasteiger partial charge in [0, 0.05) is 18.3 Å². The highest BCUT2D eigenvalue weighted by Gasteiger charge is 2.30. The summed E-state index contributed by atoms with van der Waals surface area (Å²) in [5.41, 5.74) is 6.13. The van der Waals surface area contributed by atoms with Crippen LogP contribution in [0.5, 0.6) is 0 Å². The van der Waals surface area contributed by atoms with Gasteiger partial charge in [-0.3, -0.25) is 0 Å². The maximum Gasteiger partial charge on any atom is 0.246 e. The Labute approximate surface area is 120 Å². The van der Waals surface area contributed by atoms with E-state index >= 15 is 0 Å². The predicted octanol–water partition coefficient (Wildman–Crippen LogP) is 2.77. The Bertz CT molecular complexity index is 583. The predicted molar refractivity (Wildman–Crippen MR) is 79.4 cm³/mol. The van der Waals surface area contributed by atoms with Gasteiger partial charge in [-0.2, -0.15) is 4.31 Å². The minimum absolute atomic E-state index is 0.150. The van der Waals surface area contributed by atoms with Crippen molar-refractivity contribution in [3.05, 3.63) is 23.5 Å². The largest absolute Gasteiger partial charge is 0.399 e. The van der Waals surface area contributed by atoms with E-state index in [4.69, 9.17) is 5.73 Å². The lowest BCUT2D eigenvalue weighted by molar-refractivity contribution is 0.317. The molecule has 0 saturated heterocycles. The SMILES string of the molecule is Cc1cc(N)cc(S(=O)(=O)N(CC(C)C)C(C)C)c1F. The van der Waals surface area contributed by atoms with Gasteiger partial charge in [0.25, 0.3) is 0 Å². The lowest BCUT2D eigenvalue weighted by atomic mass is 10.2. The molecule has 0 aliphatic carbocycles. The van der Waals surface area contributed by atoms with Crippen molar-refractivity contribution in [2.24, 2.45) is 5.92 Å². The van der Waals surface area contributed by atoms with Crippen molar-refractivity contribution >= 4 is 15.7 Å². The molecule has 20 heavy (non-hydrogen) atoms. The van der Waals surface area contributed by atoms with Gasteiger partial charge in [-0.05, 0) is 44.4 Å². The van der Waals surface area contributed by atoms with Gasteiger partial charge < -0.3 is 5.73 Å². The van der Waals surface area contributed by atoms with Crippen LogP contribution >= 0.6 is 0 Å². The molecule has 0 radical (unpaired) electrons. The molecule has 0 saturated carbocycles. The summed E-state index contributed by atoms with van der Waals surface area (Å²) < 4.78 is 40.8. The Morgan fingerprint density at radius 2 is 1.80 bits per heavy atom. The van der Waals surface area contributed by atoms with E-state index in [1.165, 1.54) is 23.4 Å². The van der Waals surface area contributed by atoms with E-state index in [-0.39, 0.29) is 28.1 Å². The number of nitrogens with zero attached hydrogens (tertiary/aromatic N) is 1. The summed E-state index contributed by atoms with van der Waals surface area (Å²) in [7, 11) is -3.89. The number of benzene rings is 1. The van der Waals surface area contributed by atoms with E-state index in [0.717, 1.165) is 0 Å². The molecule has 0 atom stereocenters. The van der Waals surface area contributed by atoms with Crippen molar-refractivity contribution in [2.75, 3.05) is 12.3 Å². The highest BCUT2D eigenvalue weighted by Crippen LogP contribution is 2.26. The Hall–Kier alpha value is -1.14. The second kappa shape index (κ2) is 6.10. The number of aryl methyl sites for hydroxylation is 1. The van der Waals surface area contributed by atoms with Crippen molar-refractivity contribution < 1.29 is 12.8 Å². The molecule has 0 heterocycles. The molecule has 2 N–H and O–H groups in total. The van der Waals surface area contributed by atoms with Gasteiger partial charge in [0.15, 0.2) is 0 Å². The van der Waals surface area contributed by atoms with E-state index in [9.17, 15) is 12.8 Å². The Balaban J connectivity index is 3.41. The Morgan fingerprint density at radius 1 is 1.25 bits per heavy atom. The van der Waals surface area contributed by atoms with Gasteiger partial charge in [0.2, 0.25) is 10.0 Å². The van der Waals surface area contributed by atoms with Crippen LogP contribution in [0.1, 0.15) is 33.3 Å². The zero-order chi connectivity index (χ0) is 15.7. The zero-order valence-electron chi connectivity index (χ0n) is 12.6. The topological polar surface area (TPSA) is 63.4 Å². The molecule has 0 unspecified atom stereocenters. The van der Waals surface area contributed by atoms with E-state index in [1.807, 2.05) is 13.8 Å². The van der Waals surface area contributed by atoms with Crippen LogP contribution in [0.4, 0.5) is 10.1 Å². The fourth-order valence-electron chi connectivity index (χ4n) is 2.02. The van der Waals surface area contributed by atoms with Crippen LogP contribution in [0.2, 0.25) is 0 Å². The summed E-state index contributed by atoms with van der Waals surface area (Å²) in [4.78, 5) is -0.343. The maximum absolute atomic E-state index is 14.2. The molecule has 4 nitrogen and oxygen atoms in total. The normalized spacial score (nSPS) is 12.7. The molecule has 0 spiro atoms. The van der Waals surface area contributed by atoms with Gasteiger partial charge in [-0.25, -0.2) is 12.8 Å². The molecule has 1 aromatic carbocycles. The second-order valence-corrected chi connectivity index (χ2v) is 7.57. The summed E-state index contributed by atoms with van der Waals surface area (Å²) in [5.74, 6) is -0.578. The Kier molecular flexibility index (Phi) is 5.15. The molecule has 6 heteroatoms. The third-order valence-electron chi connectivity index (χ3n) is 2.95. The molecule has 1 aromatic rings. The van der Waals surface area contributed by atoms with Crippen molar-refractivity contribution in [2.45, 2.75) is 45.6 Å². The van der Waals surface area contributed by atoms with Crippen LogP contribution in [0.25, 0.3) is 0 Å². The molecule has 0 aromatic heterocycles. The fourth-order valence-corrected chi connectivity index (χ4v) is 4.00. The second-order valence-electron chi connectivity index (χ2n) is 5.71. The minimum Gasteiger partial charge on any atom is -0.399 e. The van der Waals surface area contributed by atoms with Crippen molar-refractivity contribution in [3.63, 3.8) is 0 Å². The van der Waals surface area contributed by atoms with Crippen LogP contribution in [-0.2, 0) is 10.0 Å². The summed E-state index contributed by atoms with van der Waals surface area (Å²) in [5, 5.41) is 0. The van der Waals surface area contributed by atoms with Crippen LogP contribution in [0.15, 0.2) is 17.0 Å². The number of nitrogens with two attached hydrogens (primary N) is 1. The van der Waals surface area contributed by atoms with Crippen LogP contribution in [0, 0.1) is 18.7 Å². The maximum atomic E-state index is 14.2. The monoisotopic (exact) mass is 302 g/mol. The first-order valence-electron chi connectivity index (χ1n) is 6.64. The smallest absolute Gasteiger partial charge is 0.246 e. The number of anilines is 1. The van der Waals surface area contributed by atoms with Crippen molar-refractivity contribution in [1.29, 1.82) is 0 Å². The zero-order valence-corrected chi connectivity index (χ0v) is 13.5. The van der Waals surface area contributed by atoms with Gasteiger partial charge in [-0.15, -0.1) is 0 Å². The van der Waals surface area contributed by atoms with Gasteiger partial charge in [0.1, 0.15) is 10.7 Å². The molecule has 1 rings (SSSR count). The van der Waals surface area contributed by atoms with Gasteiger partial charge in [0.05, 0.1) is 0 Å². The lowest BCUT2D eigenvalue weighted by Gasteiger charge is -2.28. The van der Waals surface area contributed by atoms with Crippen molar-refractivity contribution in [1.82, 2.24) is 4.31 Å². The minimum atomic E-state index is -3.89. The highest BCUT2D eigenvalue weighted by atomic mass is 32.2. The van der Waals surface area contributed by atoms with E-state index in [0.29, 0.717) is 6.54 Å². The van der Waals surface area contributed by atoms with E-state index in [2.05, 4.69) is 0 Å². The molecular weight excluding hydrogens is 279 g/mol. The van der Waals surface area contributed by atoms with Crippen LogP contribution in [0.3, 0.4) is 0 Å². The highest BCUT2D eigenvalue weighted by molar-refractivity contribution is 7.89. The molecule has 0 aliphatic rings. The molecule has 114 valence electrons. The number of rotatable bonds is 5. The number of hydrogen-bond acceptors (Lipinski definition) is 3. The number of sulfonamides is 1. The first-order chi connectivity index (χ1) is 9.07. The van der Waals surface area contributed by atoms with Gasteiger partial charge in [-0.1, -0.05) is 13.8 Å². The third kappa shape index (κ3) is 3.49. The molecule has 0 amide bonds. The molecule has 0 bridgehead atoms. The summed E-state index contributed by atoms with van der Waals surface area (Å²) in [6.45, 7) is 9.24. The number of hydrogen-bond donors (Lipinski definition) is 1. The lowest BCUT2D eigenvalue weighted by Crippen LogP contribution is -2.39. The van der Waals surface area contributed by atoms with E-state index in [1.54, 1.807) is 13.8 Å². The molecule has 0 fully saturated rings. The average Bonchev–Trinajstić information content (AvgIpc) is 2.29. The first-order valence-corrected chi connectivity index (χ1v) is 8.08. The summed E-state index contributed by atoms with van der Waals surface area (Å²) >= 11 is 0. The van der Waals surface area contributed by atoms with Crippen LogP contribution in [-0.4, -0.2) is 25.3 Å². The standard InChI is InChI=1S/C14H23FN2O2S/c1-9(2)8-17(10(3)4)20(18,19)13-7-12(16)6-11(5)14(13)15/h6-7,9-10H,8,16H2,1-5H3. The Morgan fingerprint density at radius 3 is 2.25 bits per heavy atom. The number of halogens is 1. The number of nitrogen functional groups attached to an aromatic ring is 1. The first kappa shape index (κ1) is 16.9. The van der Waals surface area contributed by atoms with Crippen LogP contribution < -0.4 is 5.73 Å².